The van der Waals surface area contributed by atoms with E-state index in [9.17, 15) is 4.79 Å². The highest BCUT2D eigenvalue weighted by Gasteiger charge is 2.21. The summed E-state index contributed by atoms with van der Waals surface area (Å²) in [6.45, 7) is 0. The molecule has 0 unspecified atom stereocenters. The summed E-state index contributed by atoms with van der Waals surface area (Å²) < 4.78 is 3.91. The largest absolute Gasteiger partial charge is 0.341 e. The van der Waals surface area contributed by atoms with E-state index in [1.54, 1.807) is 17.5 Å². The van der Waals surface area contributed by atoms with Crippen LogP contribution >= 0.6 is 34.7 Å². The summed E-state index contributed by atoms with van der Waals surface area (Å²) in [5, 5.41) is 3.74. The van der Waals surface area contributed by atoms with E-state index in [2.05, 4.69) is 15.3 Å². The van der Waals surface area contributed by atoms with Crippen LogP contribution in [-0.4, -0.2) is 26.2 Å². The molecule has 0 aliphatic rings. The second-order valence-electron chi connectivity index (χ2n) is 6.18. The lowest BCUT2D eigenvalue weighted by Gasteiger charge is -2.19. The van der Waals surface area contributed by atoms with E-state index in [1.807, 2.05) is 66.3 Å². The van der Waals surface area contributed by atoms with Crippen LogP contribution in [0.3, 0.4) is 0 Å². The number of fused-ring (bicyclic) bond motifs is 1. The number of nitrogens with zero attached hydrogens (tertiary/aromatic N) is 3. The lowest BCUT2D eigenvalue weighted by molar-refractivity contribution is -0.119. The normalized spacial score (nSPS) is 12.2. The van der Waals surface area contributed by atoms with Gasteiger partial charge in [0, 0.05) is 24.5 Å². The van der Waals surface area contributed by atoms with Crippen molar-refractivity contribution in [3.8, 4) is 0 Å². The van der Waals surface area contributed by atoms with Gasteiger partial charge in [0.05, 0.1) is 16.0 Å². The first-order valence-corrected chi connectivity index (χ1v) is 10.8. The second-order valence-corrected chi connectivity index (χ2v) is 8.87. The number of carbonyl (C=O) groups excluding carboxylic acids is 1. The third kappa shape index (κ3) is 4.22. The molecular formula is C20H17ClN4OS2. The molecule has 0 saturated carbocycles. The average Bonchev–Trinajstić information content (AvgIpc) is 3.31. The summed E-state index contributed by atoms with van der Waals surface area (Å²) in [7, 11) is 1.91. The monoisotopic (exact) mass is 428 g/mol. The third-order valence-electron chi connectivity index (χ3n) is 4.23. The molecule has 2 aromatic carbocycles. The fourth-order valence-electron chi connectivity index (χ4n) is 2.85. The Balaban J connectivity index is 1.49. The SMILES string of the molecule is Cn1ccnc1[C@@H](NC(=O)CSc1nc2ccccc2s1)c1ccc(Cl)cc1. The maximum absolute atomic E-state index is 12.7. The molecule has 0 bridgehead atoms. The maximum atomic E-state index is 12.7. The standard InChI is InChI=1S/C20H17ClN4OS2/c1-25-11-10-22-19(25)18(13-6-8-14(21)9-7-13)24-17(26)12-27-20-23-15-4-2-3-5-16(15)28-20/h2-11,18H,12H2,1H3,(H,24,26)/t18-/m0/s1. The quantitative estimate of drug-likeness (QED) is 0.453. The Morgan fingerprint density at radius 1 is 1.25 bits per heavy atom. The van der Waals surface area contributed by atoms with Gasteiger partial charge in [0.15, 0.2) is 4.34 Å². The summed E-state index contributed by atoms with van der Waals surface area (Å²) in [4.78, 5) is 21.6. The number of para-hydroxylation sites is 1. The van der Waals surface area contributed by atoms with Crippen LogP contribution < -0.4 is 5.32 Å². The summed E-state index contributed by atoms with van der Waals surface area (Å²) in [5.41, 5.74) is 1.89. The molecule has 0 spiro atoms. The Morgan fingerprint density at radius 2 is 2.04 bits per heavy atom. The summed E-state index contributed by atoms with van der Waals surface area (Å²) >= 11 is 9.05. The molecule has 4 rings (SSSR count). The van der Waals surface area contributed by atoms with Crippen LogP contribution in [0.15, 0.2) is 65.3 Å². The molecule has 28 heavy (non-hydrogen) atoms. The molecule has 2 aromatic heterocycles. The molecule has 0 aliphatic heterocycles. The molecule has 1 N–H and O–H groups in total. The number of carbonyl (C=O) groups is 1. The van der Waals surface area contributed by atoms with Crippen LogP contribution in [0.5, 0.6) is 0 Å². The highest BCUT2D eigenvalue weighted by Crippen LogP contribution is 2.29. The minimum atomic E-state index is -0.347. The highest BCUT2D eigenvalue weighted by atomic mass is 35.5. The predicted octanol–water partition coefficient (Wildman–Crippen LogP) is 4.68. The number of thioether (sulfide) groups is 1. The van der Waals surface area contributed by atoms with E-state index < -0.39 is 0 Å². The van der Waals surface area contributed by atoms with Crippen molar-refractivity contribution < 1.29 is 4.79 Å². The molecular weight excluding hydrogens is 412 g/mol. The molecule has 142 valence electrons. The van der Waals surface area contributed by atoms with Crippen molar-refractivity contribution in [2.75, 3.05) is 5.75 Å². The average molecular weight is 429 g/mol. The van der Waals surface area contributed by atoms with Crippen molar-refractivity contribution in [2.24, 2.45) is 7.05 Å². The molecule has 1 atom stereocenters. The summed E-state index contributed by atoms with van der Waals surface area (Å²) in [6.07, 6.45) is 3.58. The van der Waals surface area contributed by atoms with Crippen LogP contribution in [0, 0.1) is 0 Å². The van der Waals surface area contributed by atoms with Crippen molar-refractivity contribution in [1.82, 2.24) is 19.9 Å². The summed E-state index contributed by atoms with van der Waals surface area (Å²) in [5.74, 6) is 0.974. The minimum Gasteiger partial charge on any atom is -0.341 e. The first-order chi connectivity index (χ1) is 13.6. The molecule has 0 radical (unpaired) electrons. The highest BCUT2D eigenvalue weighted by molar-refractivity contribution is 8.01. The Bertz CT molecular complexity index is 1070. The van der Waals surface area contributed by atoms with Crippen molar-refractivity contribution >= 4 is 50.8 Å². The zero-order valence-corrected chi connectivity index (χ0v) is 17.4. The Morgan fingerprint density at radius 3 is 2.75 bits per heavy atom. The number of rotatable bonds is 6. The van der Waals surface area contributed by atoms with E-state index in [0.717, 1.165) is 25.9 Å². The van der Waals surface area contributed by atoms with Gasteiger partial charge >= 0.3 is 0 Å². The van der Waals surface area contributed by atoms with Gasteiger partial charge in [-0.05, 0) is 29.8 Å². The first kappa shape index (κ1) is 19.0. The van der Waals surface area contributed by atoms with Crippen molar-refractivity contribution in [3.05, 3.63) is 77.3 Å². The molecule has 8 heteroatoms. The molecule has 1 amide bonds. The Hall–Kier alpha value is -2.35. The van der Waals surface area contributed by atoms with Crippen LogP contribution in [0.25, 0.3) is 10.2 Å². The van der Waals surface area contributed by atoms with E-state index in [-0.39, 0.29) is 17.7 Å². The number of thiazole rings is 1. The van der Waals surface area contributed by atoms with Crippen LogP contribution in [0.4, 0.5) is 0 Å². The van der Waals surface area contributed by atoms with E-state index in [1.165, 1.54) is 11.8 Å². The summed E-state index contributed by atoms with van der Waals surface area (Å²) in [6, 6.07) is 15.1. The topological polar surface area (TPSA) is 59.8 Å². The predicted molar refractivity (Wildman–Crippen MR) is 115 cm³/mol. The molecule has 0 saturated heterocycles. The third-order valence-corrected chi connectivity index (χ3v) is 6.66. The lowest BCUT2D eigenvalue weighted by Crippen LogP contribution is -2.32. The number of nitrogens with one attached hydrogen (secondary N) is 1. The van der Waals surface area contributed by atoms with Gasteiger partial charge in [-0.15, -0.1) is 11.3 Å². The van der Waals surface area contributed by atoms with Gasteiger partial charge in [0.1, 0.15) is 11.9 Å². The number of benzene rings is 2. The number of aromatic nitrogens is 3. The van der Waals surface area contributed by atoms with Gasteiger partial charge < -0.3 is 9.88 Å². The molecule has 4 aromatic rings. The van der Waals surface area contributed by atoms with Crippen molar-refractivity contribution in [1.29, 1.82) is 0 Å². The molecule has 5 nitrogen and oxygen atoms in total. The minimum absolute atomic E-state index is 0.0767. The van der Waals surface area contributed by atoms with Crippen molar-refractivity contribution in [2.45, 2.75) is 10.4 Å². The van der Waals surface area contributed by atoms with E-state index >= 15 is 0 Å². The van der Waals surface area contributed by atoms with Gasteiger partial charge in [-0.1, -0.05) is 47.6 Å². The van der Waals surface area contributed by atoms with E-state index in [4.69, 9.17) is 11.6 Å². The second kappa shape index (κ2) is 8.34. The first-order valence-electron chi connectivity index (χ1n) is 8.60. The number of hydrogen-bond donors (Lipinski definition) is 1. The van der Waals surface area contributed by atoms with Gasteiger partial charge in [-0.2, -0.15) is 0 Å². The van der Waals surface area contributed by atoms with Crippen LogP contribution in [0.2, 0.25) is 5.02 Å². The molecule has 2 heterocycles. The van der Waals surface area contributed by atoms with Crippen molar-refractivity contribution in [3.63, 3.8) is 0 Å². The van der Waals surface area contributed by atoms with E-state index in [0.29, 0.717) is 5.02 Å². The fourth-order valence-corrected chi connectivity index (χ4v) is 4.86. The van der Waals surface area contributed by atoms with Crippen LogP contribution in [0.1, 0.15) is 17.4 Å². The number of imidazole rings is 1. The van der Waals surface area contributed by atoms with Gasteiger partial charge in [0.2, 0.25) is 5.91 Å². The lowest BCUT2D eigenvalue weighted by atomic mass is 10.1. The van der Waals surface area contributed by atoms with Gasteiger partial charge in [-0.25, -0.2) is 9.97 Å². The van der Waals surface area contributed by atoms with Crippen LogP contribution in [-0.2, 0) is 11.8 Å². The molecule has 0 fully saturated rings. The number of amides is 1. The van der Waals surface area contributed by atoms with Gasteiger partial charge in [-0.3, -0.25) is 4.79 Å². The number of hydrogen-bond acceptors (Lipinski definition) is 5. The maximum Gasteiger partial charge on any atom is 0.231 e. The Labute approximate surface area is 175 Å². The zero-order valence-electron chi connectivity index (χ0n) is 15.0. The number of halogens is 1. The smallest absolute Gasteiger partial charge is 0.231 e. The number of aryl methyl sites for hydroxylation is 1. The fraction of sp³-hybridized carbons (Fsp3) is 0.150. The van der Waals surface area contributed by atoms with Gasteiger partial charge in [0.25, 0.3) is 0 Å². The Kier molecular flexibility index (Phi) is 5.66. The molecule has 0 aliphatic carbocycles. The zero-order chi connectivity index (χ0) is 19.5.